The van der Waals surface area contributed by atoms with Gasteiger partial charge < -0.3 is 0 Å². The van der Waals surface area contributed by atoms with E-state index in [4.69, 9.17) is 0 Å². The fourth-order valence-corrected chi connectivity index (χ4v) is 3.87. The smallest absolute Gasteiger partial charge is 0.299 e. The molecule has 0 amide bonds. The average molecular weight is 569 g/mol. The fraction of sp³-hybridized carbons (Fsp3) is 0.650. The minimum atomic E-state index is -7.90. The molecule has 0 aliphatic carbocycles. The topological polar surface area (TPSA) is 20.3 Å². The van der Waals surface area contributed by atoms with Gasteiger partial charge in [-0.15, -0.1) is 11.8 Å². The summed E-state index contributed by atoms with van der Waals surface area (Å²) in [7, 11) is 3.30. The lowest BCUT2D eigenvalue weighted by Crippen LogP contribution is -2.70. The van der Waals surface area contributed by atoms with E-state index in [1.54, 1.807) is 25.9 Å². The zero-order chi connectivity index (χ0) is 28.5. The van der Waals surface area contributed by atoms with Crippen LogP contribution in [0.15, 0.2) is 29.2 Å². The van der Waals surface area contributed by atoms with E-state index in [0.717, 1.165) is 0 Å². The van der Waals surface area contributed by atoms with Gasteiger partial charge in [0.2, 0.25) is 0 Å². The molecule has 2 nitrogen and oxygen atoms in total. The quantitative estimate of drug-likeness (QED) is 0.148. The van der Waals surface area contributed by atoms with Crippen molar-refractivity contribution < 1.29 is 61.9 Å². The number of halogens is 13. The predicted octanol–water partition coefficient (Wildman–Crippen LogP) is 7.43. The maximum Gasteiger partial charge on any atom is 0.460 e. The number of Topliss-reactive ketones (excluding diaryl/α,β-unsaturated/α-hetero) is 1. The minimum absolute atomic E-state index is 0.0595. The van der Waals surface area contributed by atoms with Gasteiger partial charge in [-0.2, -0.15) is 57.1 Å². The molecule has 16 heteroatoms. The van der Waals surface area contributed by atoms with Gasteiger partial charge in [-0.05, 0) is 32.6 Å². The molecule has 0 aliphatic rings. The lowest BCUT2D eigenvalue weighted by atomic mass is 9.93. The second-order valence-corrected chi connectivity index (χ2v) is 9.04. The highest BCUT2D eigenvalue weighted by Gasteiger charge is 2.90. The molecule has 0 bridgehead atoms. The van der Waals surface area contributed by atoms with E-state index >= 15 is 0 Å². The van der Waals surface area contributed by atoms with Crippen molar-refractivity contribution >= 4 is 17.5 Å². The van der Waals surface area contributed by atoms with E-state index in [2.05, 4.69) is 0 Å². The Hall–Kier alpha value is -1.71. The van der Waals surface area contributed by atoms with E-state index in [1.165, 1.54) is 24.3 Å². The molecule has 0 fully saturated rings. The summed E-state index contributed by atoms with van der Waals surface area (Å²) in [6.45, 7) is 1.74. The molecule has 0 radical (unpaired) electrons. The van der Waals surface area contributed by atoms with Gasteiger partial charge in [-0.25, -0.2) is 0 Å². The molecular weight excluding hydrogens is 549 g/mol. The molecular formula is C20H20F13NOS. The molecule has 208 valence electrons. The molecule has 1 atom stereocenters. The maximum absolute atomic E-state index is 13.8. The first-order chi connectivity index (χ1) is 16.0. The summed E-state index contributed by atoms with van der Waals surface area (Å²) in [5.41, 5.74) is 0.198. The van der Waals surface area contributed by atoms with Crippen LogP contribution in [-0.2, 0) is 0 Å². The summed E-state index contributed by atoms with van der Waals surface area (Å²) in [6.07, 6.45) is -9.27. The largest absolute Gasteiger partial charge is 0.460 e. The van der Waals surface area contributed by atoms with Crippen LogP contribution >= 0.6 is 11.8 Å². The van der Waals surface area contributed by atoms with Crippen molar-refractivity contribution in [1.82, 2.24) is 4.90 Å². The molecule has 0 aliphatic heterocycles. The highest BCUT2D eigenvalue weighted by atomic mass is 32.2. The predicted molar refractivity (Wildman–Crippen MR) is 105 cm³/mol. The van der Waals surface area contributed by atoms with Gasteiger partial charge in [0.25, 0.3) is 0 Å². The van der Waals surface area contributed by atoms with Gasteiger partial charge in [0.05, 0.1) is 6.04 Å². The van der Waals surface area contributed by atoms with Crippen molar-refractivity contribution in [1.29, 1.82) is 0 Å². The summed E-state index contributed by atoms with van der Waals surface area (Å²) in [5, 5.41) is 0. The average Bonchev–Trinajstić information content (AvgIpc) is 2.72. The number of ketones is 1. The Morgan fingerprint density at radius 1 is 0.778 bits per heavy atom. The van der Waals surface area contributed by atoms with Gasteiger partial charge in [-0.3, -0.25) is 9.69 Å². The van der Waals surface area contributed by atoms with E-state index in [0.29, 0.717) is 18.2 Å². The molecule has 1 aromatic rings. The van der Waals surface area contributed by atoms with Crippen molar-refractivity contribution in [3.63, 3.8) is 0 Å². The Balaban J connectivity index is 3.02. The summed E-state index contributed by atoms with van der Waals surface area (Å²) in [5.74, 6) is -38.3. The van der Waals surface area contributed by atoms with Gasteiger partial charge in [0, 0.05) is 22.6 Å². The summed E-state index contributed by atoms with van der Waals surface area (Å²) in [6, 6.07) is 4.43. The zero-order valence-corrected chi connectivity index (χ0v) is 19.5. The number of benzene rings is 1. The highest BCUT2D eigenvalue weighted by Crippen LogP contribution is 2.60. The molecule has 1 unspecified atom stereocenters. The van der Waals surface area contributed by atoms with Crippen LogP contribution in [0.5, 0.6) is 0 Å². The van der Waals surface area contributed by atoms with Crippen LogP contribution in [0.2, 0.25) is 0 Å². The number of carbonyl (C=O) groups is 1. The van der Waals surface area contributed by atoms with E-state index in [9.17, 15) is 61.9 Å². The summed E-state index contributed by atoms with van der Waals surface area (Å²) in [4.78, 5) is 14.1. The van der Waals surface area contributed by atoms with Crippen LogP contribution in [0.3, 0.4) is 0 Å². The second kappa shape index (κ2) is 10.6. The Bertz CT molecular complexity index is 898. The van der Waals surface area contributed by atoms with Crippen LogP contribution in [-0.4, -0.2) is 72.4 Å². The first kappa shape index (κ1) is 32.3. The molecule has 0 N–H and O–H groups in total. The normalized spacial score (nSPS) is 15.4. The van der Waals surface area contributed by atoms with Crippen molar-refractivity contribution in [3.8, 4) is 0 Å². The van der Waals surface area contributed by atoms with Crippen LogP contribution in [0.1, 0.15) is 30.1 Å². The Morgan fingerprint density at radius 2 is 1.22 bits per heavy atom. The van der Waals surface area contributed by atoms with Crippen LogP contribution in [0.25, 0.3) is 0 Å². The lowest BCUT2D eigenvalue weighted by molar-refractivity contribution is -0.439. The fourth-order valence-electron chi connectivity index (χ4n) is 2.95. The van der Waals surface area contributed by atoms with Gasteiger partial charge in [0.1, 0.15) is 0 Å². The molecule has 0 aromatic heterocycles. The zero-order valence-electron chi connectivity index (χ0n) is 18.7. The molecule has 36 heavy (non-hydrogen) atoms. The van der Waals surface area contributed by atoms with E-state index < -0.39 is 54.0 Å². The van der Waals surface area contributed by atoms with Gasteiger partial charge in [-0.1, -0.05) is 19.1 Å². The SMILES string of the molecule is CCC(C(=O)c1ccc(SCCC(F)(F)C(F)(F)C(F)(F)C(F)(F)C(F)(F)C(F)(F)F)cc1)N(C)C. The lowest BCUT2D eigenvalue weighted by Gasteiger charge is -2.39. The third kappa shape index (κ3) is 5.73. The summed E-state index contributed by atoms with van der Waals surface area (Å²) < 4.78 is 171. The van der Waals surface area contributed by atoms with Crippen molar-refractivity contribution in [2.45, 2.75) is 66.5 Å². The van der Waals surface area contributed by atoms with Crippen molar-refractivity contribution in [2.24, 2.45) is 0 Å². The summed E-state index contributed by atoms with van der Waals surface area (Å²) >= 11 is 0.337. The molecule has 1 rings (SSSR count). The van der Waals surface area contributed by atoms with Gasteiger partial charge in [0.15, 0.2) is 5.78 Å². The number of hydrogen-bond donors (Lipinski definition) is 0. The highest BCUT2D eigenvalue weighted by molar-refractivity contribution is 7.99. The number of nitrogens with zero attached hydrogens (tertiary/aromatic N) is 1. The van der Waals surface area contributed by atoms with Crippen LogP contribution in [0, 0.1) is 0 Å². The standard InChI is InChI=1S/C20H20F13NOS/c1-4-13(34(2)3)14(35)11-5-7-12(8-6-11)36-10-9-15(21,22)16(23,24)17(25,26)18(27,28)19(29,30)20(31,32)33/h5-8,13H,4,9-10H2,1-3H3. The second-order valence-electron chi connectivity index (χ2n) is 7.87. The third-order valence-corrected chi connectivity index (χ3v) is 6.15. The minimum Gasteiger partial charge on any atom is -0.299 e. The molecule has 1 aromatic carbocycles. The number of likely N-dealkylation sites (N-methyl/N-ethyl adjacent to an activating group) is 1. The monoisotopic (exact) mass is 569 g/mol. The Kier molecular flexibility index (Phi) is 9.49. The number of hydrogen-bond acceptors (Lipinski definition) is 3. The Morgan fingerprint density at radius 3 is 1.61 bits per heavy atom. The maximum atomic E-state index is 13.8. The molecule has 0 heterocycles. The van der Waals surface area contributed by atoms with Crippen molar-refractivity contribution in [3.05, 3.63) is 29.8 Å². The molecule has 0 spiro atoms. The van der Waals surface area contributed by atoms with Crippen molar-refractivity contribution in [2.75, 3.05) is 19.8 Å². The number of carbonyl (C=O) groups excluding carboxylic acids is 1. The first-order valence-electron chi connectivity index (χ1n) is 9.89. The first-order valence-corrected chi connectivity index (χ1v) is 10.9. The molecule has 0 saturated heterocycles. The molecule has 0 saturated carbocycles. The van der Waals surface area contributed by atoms with E-state index in [-0.39, 0.29) is 16.2 Å². The van der Waals surface area contributed by atoms with Gasteiger partial charge >= 0.3 is 35.8 Å². The number of rotatable bonds is 12. The van der Waals surface area contributed by atoms with Crippen LogP contribution < -0.4 is 0 Å². The third-order valence-electron chi connectivity index (χ3n) is 5.13. The number of alkyl halides is 13. The Labute approximate surface area is 201 Å². The van der Waals surface area contributed by atoms with Crippen LogP contribution in [0.4, 0.5) is 57.1 Å². The van der Waals surface area contributed by atoms with E-state index in [1.807, 2.05) is 0 Å². The number of thioether (sulfide) groups is 1.